The number of fused-ring (bicyclic) bond motifs is 2. The van der Waals surface area contributed by atoms with Gasteiger partial charge < -0.3 is 5.32 Å². The number of carbonyl (C=O) groups is 1. The maximum Gasteiger partial charge on any atom is 0.228 e. The van der Waals surface area contributed by atoms with Gasteiger partial charge in [-0.1, -0.05) is 18.5 Å². The zero-order valence-corrected chi connectivity index (χ0v) is 18.1. The molecule has 0 bridgehead atoms. The van der Waals surface area contributed by atoms with Crippen molar-refractivity contribution in [1.29, 1.82) is 0 Å². The molecular weight excluding hydrogens is 413 g/mol. The van der Waals surface area contributed by atoms with Crippen molar-refractivity contribution in [3.63, 3.8) is 0 Å². The van der Waals surface area contributed by atoms with Gasteiger partial charge in [0.05, 0.1) is 10.5 Å². The van der Waals surface area contributed by atoms with Crippen LogP contribution >= 0.6 is 11.6 Å². The van der Waals surface area contributed by atoms with E-state index in [9.17, 15) is 9.18 Å². The normalized spacial score (nSPS) is 26.0. The molecule has 0 radical (unpaired) electrons. The maximum absolute atomic E-state index is 13.8. The highest BCUT2D eigenvalue weighted by Gasteiger charge is 2.44. The van der Waals surface area contributed by atoms with E-state index in [1.165, 1.54) is 17.8 Å². The van der Waals surface area contributed by atoms with Crippen LogP contribution in [0.15, 0.2) is 48.8 Å². The average Bonchev–Trinajstić information content (AvgIpc) is 3.33. The third kappa shape index (κ3) is 4.03. The van der Waals surface area contributed by atoms with Gasteiger partial charge in [-0.25, -0.2) is 9.37 Å². The zero-order chi connectivity index (χ0) is 21.5. The fourth-order valence-electron chi connectivity index (χ4n) is 5.73. The molecule has 2 aromatic heterocycles. The molecule has 2 saturated carbocycles. The van der Waals surface area contributed by atoms with Gasteiger partial charge in [0.15, 0.2) is 0 Å². The fourth-order valence-corrected chi connectivity index (χ4v) is 5.84. The Bertz CT molecular complexity index is 1110. The van der Waals surface area contributed by atoms with E-state index < -0.39 is 0 Å². The van der Waals surface area contributed by atoms with E-state index in [4.69, 9.17) is 11.6 Å². The predicted molar refractivity (Wildman–Crippen MR) is 120 cm³/mol. The molecular formula is C25H25ClFN3O. The molecule has 1 aromatic carbocycles. The van der Waals surface area contributed by atoms with Crippen molar-refractivity contribution >= 4 is 34.2 Å². The molecule has 2 aliphatic carbocycles. The van der Waals surface area contributed by atoms with Crippen LogP contribution in [0.25, 0.3) is 10.9 Å². The van der Waals surface area contributed by atoms with Crippen LogP contribution < -0.4 is 5.32 Å². The summed E-state index contributed by atoms with van der Waals surface area (Å²) >= 11 is 5.87. The Labute approximate surface area is 186 Å². The first-order valence-corrected chi connectivity index (χ1v) is 11.3. The van der Waals surface area contributed by atoms with E-state index in [2.05, 4.69) is 21.4 Å². The number of hydrogen-bond donors (Lipinski definition) is 1. The highest BCUT2D eigenvalue weighted by molar-refractivity contribution is 6.30. The molecule has 0 spiro atoms. The first kappa shape index (κ1) is 20.4. The van der Waals surface area contributed by atoms with Gasteiger partial charge in [0, 0.05) is 23.7 Å². The van der Waals surface area contributed by atoms with Gasteiger partial charge in [0.1, 0.15) is 11.6 Å². The lowest BCUT2D eigenvalue weighted by Gasteiger charge is -2.21. The number of nitrogens with one attached hydrogen (secondary N) is 1. The van der Waals surface area contributed by atoms with Crippen LogP contribution in [-0.2, 0) is 4.79 Å². The van der Waals surface area contributed by atoms with Crippen LogP contribution in [0.4, 0.5) is 10.2 Å². The minimum Gasteiger partial charge on any atom is -0.310 e. The topological polar surface area (TPSA) is 54.9 Å². The molecule has 1 N–H and O–H groups in total. The van der Waals surface area contributed by atoms with E-state index in [0.29, 0.717) is 34.5 Å². The molecule has 0 saturated heterocycles. The monoisotopic (exact) mass is 437 g/mol. The largest absolute Gasteiger partial charge is 0.310 e. The minimum absolute atomic E-state index is 0.0203. The standard InChI is InChI=1S/C25H25ClFN3O/c1-14(25(31)30-24-5-2-19(26)13-29-24)15-8-16-10-18(11-17(16)9-15)21-6-7-28-23-4-3-20(27)12-22(21)23/h2-7,12-18H,8-11H2,1H3,(H,29,30,31)/t14-,15-,16-,17?,18?/m1/s1. The average molecular weight is 438 g/mol. The van der Waals surface area contributed by atoms with Crippen molar-refractivity contribution in [1.82, 2.24) is 9.97 Å². The minimum atomic E-state index is -0.213. The molecule has 1 amide bonds. The molecule has 2 aliphatic rings. The molecule has 31 heavy (non-hydrogen) atoms. The van der Waals surface area contributed by atoms with Gasteiger partial charge in [0.25, 0.3) is 0 Å². The van der Waals surface area contributed by atoms with Gasteiger partial charge in [-0.15, -0.1) is 0 Å². The number of carbonyl (C=O) groups excluding carboxylic acids is 1. The first-order chi connectivity index (χ1) is 15.0. The molecule has 2 heterocycles. The quantitative estimate of drug-likeness (QED) is 0.527. The molecule has 2 fully saturated rings. The molecule has 4 nitrogen and oxygen atoms in total. The number of nitrogens with zero attached hydrogens (tertiary/aromatic N) is 2. The molecule has 160 valence electrons. The summed E-state index contributed by atoms with van der Waals surface area (Å²) in [5, 5.41) is 4.41. The SMILES string of the molecule is C[C@@H](C(=O)Nc1ccc(Cl)cn1)[C@H]1CC2CC(c3ccnc4ccc(F)cc34)C[C@H]2C1. The van der Waals surface area contributed by atoms with Crippen LogP contribution in [0.1, 0.15) is 44.1 Å². The summed E-state index contributed by atoms with van der Waals surface area (Å²) < 4.78 is 13.8. The number of rotatable bonds is 4. The summed E-state index contributed by atoms with van der Waals surface area (Å²) in [5.41, 5.74) is 2.07. The maximum atomic E-state index is 13.8. The lowest BCUT2D eigenvalue weighted by atomic mass is 9.86. The van der Waals surface area contributed by atoms with E-state index in [-0.39, 0.29) is 17.6 Å². The Hall–Kier alpha value is -2.53. The number of anilines is 1. The summed E-state index contributed by atoms with van der Waals surface area (Å²) in [7, 11) is 0. The fraction of sp³-hybridized carbons (Fsp3) is 0.400. The van der Waals surface area contributed by atoms with E-state index in [1.807, 2.05) is 13.1 Å². The third-order valence-corrected chi connectivity index (χ3v) is 7.55. The van der Waals surface area contributed by atoms with E-state index in [0.717, 1.165) is 36.6 Å². The van der Waals surface area contributed by atoms with E-state index >= 15 is 0 Å². The zero-order valence-electron chi connectivity index (χ0n) is 17.4. The highest BCUT2D eigenvalue weighted by Crippen LogP contribution is 2.54. The summed E-state index contributed by atoms with van der Waals surface area (Å²) in [4.78, 5) is 21.3. The van der Waals surface area contributed by atoms with Crippen molar-refractivity contribution in [2.75, 3.05) is 5.32 Å². The Morgan fingerprint density at radius 3 is 2.58 bits per heavy atom. The van der Waals surface area contributed by atoms with Gasteiger partial charge in [-0.3, -0.25) is 9.78 Å². The summed E-state index contributed by atoms with van der Waals surface area (Å²) in [6.07, 6.45) is 7.72. The number of halogens is 2. The predicted octanol–water partition coefficient (Wildman–Crippen LogP) is 6.22. The Kier molecular flexibility index (Phi) is 5.39. The second-order valence-corrected chi connectivity index (χ2v) is 9.56. The Morgan fingerprint density at radius 1 is 1.10 bits per heavy atom. The van der Waals surface area contributed by atoms with Crippen molar-refractivity contribution in [2.45, 2.75) is 38.5 Å². The molecule has 0 aliphatic heterocycles. The van der Waals surface area contributed by atoms with Gasteiger partial charge in [0.2, 0.25) is 5.91 Å². The smallest absolute Gasteiger partial charge is 0.228 e. The summed E-state index contributed by atoms with van der Waals surface area (Å²) in [6.45, 7) is 2.02. The van der Waals surface area contributed by atoms with Gasteiger partial charge in [-0.05, 0) is 91.3 Å². The molecule has 3 aromatic rings. The number of aromatic nitrogens is 2. The van der Waals surface area contributed by atoms with Crippen LogP contribution in [0.2, 0.25) is 5.02 Å². The van der Waals surface area contributed by atoms with Crippen LogP contribution in [0.3, 0.4) is 0 Å². The number of pyridine rings is 2. The van der Waals surface area contributed by atoms with Crippen molar-refractivity contribution in [3.05, 3.63) is 65.2 Å². The Balaban J connectivity index is 1.24. The lowest BCUT2D eigenvalue weighted by Crippen LogP contribution is -2.26. The van der Waals surface area contributed by atoms with Crippen molar-refractivity contribution in [3.8, 4) is 0 Å². The third-order valence-electron chi connectivity index (χ3n) is 7.33. The van der Waals surface area contributed by atoms with Crippen LogP contribution in [0, 0.1) is 29.5 Å². The van der Waals surface area contributed by atoms with Crippen LogP contribution in [-0.4, -0.2) is 15.9 Å². The molecule has 5 rings (SSSR count). The van der Waals surface area contributed by atoms with Gasteiger partial charge >= 0.3 is 0 Å². The molecule has 5 atom stereocenters. The summed E-state index contributed by atoms with van der Waals surface area (Å²) in [5.74, 6) is 2.35. The summed E-state index contributed by atoms with van der Waals surface area (Å²) in [6, 6.07) is 10.4. The lowest BCUT2D eigenvalue weighted by molar-refractivity contribution is -0.120. The molecule has 2 unspecified atom stereocenters. The van der Waals surface area contributed by atoms with Crippen molar-refractivity contribution < 1.29 is 9.18 Å². The number of amides is 1. The van der Waals surface area contributed by atoms with E-state index in [1.54, 1.807) is 24.3 Å². The first-order valence-electron chi connectivity index (χ1n) is 10.9. The second-order valence-electron chi connectivity index (χ2n) is 9.12. The number of hydrogen-bond acceptors (Lipinski definition) is 3. The molecule has 6 heteroatoms. The Morgan fingerprint density at radius 2 is 1.87 bits per heavy atom. The van der Waals surface area contributed by atoms with Crippen LogP contribution in [0.5, 0.6) is 0 Å². The van der Waals surface area contributed by atoms with Gasteiger partial charge in [-0.2, -0.15) is 0 Å². The number of benzene rings is 1. The van der Waals surface area contributed by atoms with Crippen molar-refractivity contribution in [2.24, 2.45) is 23.7 Å². The second kappa shape index (κ2) is 8.19. The highest BCUT2D eigenvalue weighted by atomic mass is 35.5.